The number of rotatable bonds is 5. The van der Waals surface area contributed by atoms with Crippen LogP contribution in [0, 0.1) is 11.7 Å². The summed E-state index contributed by atoms with van der Waals surface area (Å²) in [7, 11) is 1.70. The lowest BCUT2D eigenvalue weighted by atomic mass is 9.81. The van der Waals surface area contributed by atoms with Crippen LogP contribution in [-0.2, 0) is 11.2 Å². The molecule has 4 heteroatoms. The van der Waals surface area contributed by atoms with E-state index in [1.54, 1.807) is 25.3 Å². The van der Waals surface area contributed by atoms with Crippen LogP contribution in [0.2, 0.25) is 5.02 Å². The van der Waals surface area contributed by atoms with E-state index in [1.165, 1.54) is 19.3 Å². The average Bonchev–Trinajstić information content (AvgIpc) is 2.46. The van der Waals surface area contributed by atoms with Crippen LogP contribution < -0.4 is 5.73 Å². The first kappa shape index (κ1) is 15.7. The molecule has 112 valence electrons. The molecule has 0 bridgehead atoms. The molecule has 1 saturated carbocycles. The Kier molecular flexibility index (Phi) is 5.82. The summed E-state index contributed by atoms with van der Waals surface area (Å²) in [6.07, 6.45) is 6.54. The zero-order valence-corrected chi connectivity index (χ0v) is 12.7. The highest BCUT2D eigenvalue weighted by Crippen LogP contribution is 2.30. The molecule has 0 aromatic heterocycles. The zero-order chi connectivity index (χ0) is 14.5. The maximum absolute atomic E-state index is 13.9. The van der Waals surface area contributed by atoms with Crippen molar-refractivity contribution in [3.63, 3.8) is 0 Å². The highest BCUT2D eigenvalue weighted by Gasteiger charge is 2.29. The lowest BCUT2D eigenvalue weighted by molar-refractivity contribution is 0.0177. The van der Waals surface area contributed by atoms with Crippen molar-refractivity contribution in [2.45, 2.75) is 50.7 Å². The van der Waals surface area contributed by atoms with E-state index >= 15 is 0 Å². The van der Waals surface area contributed by atoms with E-state index in [0.29, 0.717) is 17.9 Å². The molecule has 20 heavy (non-hydrogen) atoms. The lowest BCUT2D eigenvalue weighted by Gasteiger charge is -2.33. The molecule has 0 heterocycles. The summed E-state index contributed by atoms with van der Waals surface area (Å²) < 4.78 is 19.6. The smallest absolute Gasteiger partial charge is 0.145 e. The predicted molar refractivity (Wildman–Crippen MR) is 80.5 cm³/mol. The third kappa shape index (κ3) is 3.72. The molecule has 1 aromatic rings. The first-order chi connectivity index (χ1) is 9.63. The molecule has 2 unspecified atom stereocenters. The molecular weight excluding hydrogens is 277 g/mol. The number of methoxy groups -OCH3 is 1. The fraction of sp³-hybridized carbons (Fsp3) is 0.625. The van der Waals surface area contributed by atoms with Crippen molar-refractivity contribution in [3.05, 3.63) is 34.6 Å². The van der Waals surface area contributed by atoms with E-state index in [1.807, 2.05) is 0 Å². The number of hydrogen-bond acceptors (Lipinski definition) is 2. The number of ether oxygens (including phenoxy) is 1. The Hall–Kier alpha value is -0.640. The van der Waals surface area contributed by atoms with E-state index in [-0.39, 0.29) is 23.0 Å². The first-order valence-corrected chi connectivity index (χ1v) is 7.72. The Bertz CT molecular complexity index is 434. The normalized spacial score (nSPS) is 19.8. The van der Waals surface area contributed by atoms with Gasteiger partial charge in [0.05, 0.1) is 11.1 Å². The minimum Gasteiger partial charge on any atom is -0.380 e. The van der Waals surface area contributed by atoms with E-state index in [2.05, 4.69) is 0 Å². The molecule has 0 spiro atoms. The summed E-state index contributed by atoms with van der Waals surface area (Å²) in [5.41, 5.74) is 6.85. The van der Waals surface area contributed by atoms with Gasteiger partial charge in [-0.05, 0) is 36.8 Å². The lowest BCUT2D eigenvalue weighted by Crippen LogP contribution is -2.43. The summed E-state index contributed by atoms with van der Waals surface area (Å²) in [4.78, 5) is 0. The first-order valence-electron chi connectivity index (χ1n) is 7.34. The number of nitrogens with two attached hydrogens (primary N) is 1. The molecule has 2 nitrogen and oxygen atoms in total. The van der Waals surface area contributed by atoms with Crippen LogP contribution in [-0.4, -0.2) is 19.3 Å². The molecule has 2 atom stereocenters. The molecule has 1 aliphatic carbocycles. The largest absolute Gasteiger partial charge is 0.380 e. The van der Waals surface area contributed by atoms with Crippen molar-refractivity contribution in [2.75, 3.05) is 7.11 Å². The van der Waals surface area contributed by atoms with Crippen LogP contribution in [0.15, 0.2) is 18.2 Å². The maximum Gasteiger partial charge on any atom is 0.145 e. The second-order valence-electron chi connectivity index (χ2n) is 5.68. The molecule has 0 saturated heterocycles. The highest BCUT2D eigenvalue weighted by molar-refractivity contribution is 6.30. The topological polar surface area (TPSA) is 35.2 Å². The van der Waals surface area contributed by atoms with E-state index in [4.69, 9.17) is 22.1 Å². The van der Waals surface area contributed by atoms with Gasteiger partial charge in [0.25, 0.3) is 0 Å². The van der Waals surface area contributed by atoms with Crippen LogP contribution in [0.4, 0.5) is 4.39 Å². The van der Waals surface area contributed by atoms with Gasteiger partial charge < -0.3 is 10.5 Å². The Morgan fingerprint density at radius 1 is 1.35 bits per heavy atom. The van der Waals surface area contributed by atoms with Gasteiger partial charge in [0.15, 0.2) is 0 Å². The Balaban J connectivity index is 2.04. The summed E-state index contributed by atoms with van der Waals surface area (Å²) in [5.74, 6) is 0.133. The molecule has 1 fully saturated rings. The molecule has 2 rings (SSSR count). The SMILES string of the molecule is COC(C(N)Cc1cccc(Cl)c1F)C1CCCCC1. The second-order valence-corrected chi connectivity index (χ2v) is 6.09. The number of benzene rings is 1. The van der Waals surface area contributed by atoms with Crippen molar-refractivity contribution in [1.29, 1.82) is 0 Å². The molecule has 0 amide bonds. The third-order valence-corrected chi connectivity index (χ3v) is 4.59. The zero-order valence-electron chi connectivity index (χ0n) is 11.9. The van der Waals surface area contributed by atoms with Crippen LogP contribution >= 0.6 is 11.6 Å². The van der Waals surface area contributed by atoms with E-state index < -0.39 is 0 Å². The summed E-state index contributed by atoms with van der Waals surface area (Å²) in [6.45, 7) is 0. The molecule has 0 aliphatic heterocycles. The Morgan fingerprint density at radius 3 is 2.70 bits per heavy atom. The van der Waals surface area contributed by atoms with Gasteiger partial charge >= 0.3 is 0 Å². The van der Waals surface area contributed by atoms with Gasteiger partial charge in [0.2, 0.25) is 0 Å². The Morgan fingerprint density at radius 2 is 2.05 bits per heavy atom. The summed E-state index contributed by atoms with van der Waals surface area (Å²) >= 11 is 5.81. The van der Waals surface area contributed by atoms with Gasteiger partial charge in [0.1, 0.15) is 5.82 Å². The highest BCUT2D eigenvalue weighted by atomic mass is 35.5. The second kappa shape index (κ2) is 7.39. The minimum absolute atomic E-state index is 0.00585. The minimum atomic E-state index is -0.358. The fourth-order valence-corrected chi connectivity index (χ4v) is 3.45. The monoisotopic (exact) mass is 299 g/mol. The van der Waals surface area contributed by atoms with Crippen molar-refractivity contribution in [2.24, 2.45) is 11.7 Å². The fourth-order valence-electron chi connectivity index (χ4n) is 3.26. The van der Waals surface area contributed by atoms with Gasteiger partial charge in [-0.15, -0.1) is 0 Å². The van der Waals surface area contributed by atoms with Crippen molar-refractivity contribution in [3.8, 4) is 0 Å². The van der Waals surface area contributed by atoms with Crippen LogP contribution in [0.25, 0.3) is 0 Å². The Labute approximate surface area is 125 Å². The third-order valence-electron chi connectivity index (χ3n) is 4.30. The standard InChI is InChI=1S/C16H23ClFNO/c1-20-16(11-6-3-2-4-7-11)14(19)10-12-8-5-9-13(17)15(12)18/h5,8-9,11,14,16H,2-4,6-7,10,19H2,1H3. The predicted octanol–water partition coefficient (Wildman–Crippen LogP) is 3.94. The van der Waals surface area contributed by atoms with Crippen molar-refractivity contribution >= 4 is 11.6 Å². The van der Waals surface area contributed by atoms with E-state index in [0.717, 1.165) is 12.8 Å². The van der Waals surface area contributed by atoms with Crippen LogP contribution in [0.3, 0.4) is 0 Å². The van der Waals surface area contributed by atoms with Gasteiger partial charge in [-0.1, -0.05) is 43.0 Å². The maximum atomic E-state index is 13.9. The van der Waals surface area contributed by atoms with Crippen LogP contribution in [0.1, 0.15) is 37.7 Å². The van der Waals surface area contributed by atoms with Gasteiger partial charge in [-0.2, -0.15) is 0 Å². The van der Waals surface area contributed by atoms with Gasteiger partial charge in [-0.25, -0.2) is 4.39 Å². The molecule has 1 aromatic carbocycles. The average molecular weight is 300 g/mol. The van der Waals surface area contributed by atoms with Gasteiger partial charge in [-0.3, -0.25) is 0 Å². The van der Waals surface area contributed by atoms with Gasteiger partial charge in [0, 0.05) is 13.2 Å². The quantitative estimate of drug-likeness (QED) is 0.893. The molecule has 1 aliphatic rings. The van der Waals surface area contributed by atoms with Crippen molar-refractivity contribution < 1.29 is 9.13 Å². The van der Waals surface area contributed by atoms with Crippen LogP contribution in [0.5, 0.6) is 0 Å². The molecule has 2 N–H and O–H groups in total. The number of hydrogen-bond donors (Lipinski definition) is 1. The number of halogens is 2. The molecular formula is C16H23ClFNO. The summed E-state index contributed by atoms with van der Waals surface area (Å²) in [6, 6.07) is 4.86. The van der Waals surface area contributed by atoms with Crippen molar-refractivity contribution in [1.82, 2.24) is 0 Å². The molecule has 0 radical (unpaired) electrons. The summed E-state index contributed by atoms with van der Waals surface area (Å²) in [5, 5.41) is 0.154. The van der Waals surface area contributed by atoms with E-state index in [9.17, 15) is 4.39 Å².